The average molecular weight is 307 g/mol. The maximum Gasteiger partial charge on any atom is 0.234 e. The summed E-state index contributed by atoms with van der Waals surface area (Å²) in [7, 11) is 0. The zero-order valence-corrected chi connectivity index (χ0v) is 12.6. The molecular weight excluding hydrogens is 294 g/mol. The van der Waals surface area contributed by atoms with Crippen LogP contribution < -0.4 is 5.32 Å². The maximum absolute atomic E-state index is 11.9. The van der Waals surface area contributed by atoms with Crippen LogP contribution in [0.25, 0.3) is 0 Å². The molecule has 0 atom stereocenters. The van der Waals surface area contributed by atoms with Gasteiger partial charge in [-0.1, -0.05) is 30.3 Å². The molecule has 108 valence electrons. The van der Waals surface area contributed by atoms with Crippen LogP contribution in [-0.2, 0) is 10.5 Å². The van der Waals surface area contributed by atoms with Crippen molar-refractivity contribution < 1.29 is 4.79 Å². The zero-order chi connectivity index (χ0) is 15.8. The highest BCUT2D eigenvalue weighted by molar-refractivity contribution is 7.99. The maximum atomic E-state index is 11.9. The van der Waals surface area contributed by atoms with Gasteiger partial charge in [-0.05, 0) is 23.8 Å². The number of nitrogens with zero attached hydrogens (tertiary/aromatic N) is 2. The largest absolute Gasteiger partial charge is 0.324 e. The van der Waals surface area contributed by atoms with Crippen molar-refractivity contribution in [1.29, 1.82) is 10.5 Å². The molecular formula is C17H13N3OS. The van der Waals surface area contributed by atoms with Crippen molar-refractivity contribution >= 4 is 23.4 Å². The Morgan fingerprint density at radius 3 is 2.36 bits per heavy atom. The lowest BCUT2D eigenvalue weighted by molar-refractivity contribution is -0.113. The molecule has 0 saturated carbocycles. The predicted octanol–water partition coefficient (Wildman–Crippen LogP) is 3.30. The van der Waals surface area contributed by atoms with Gasteiger partial charge in [-0.2, -0.15) is 10.5 Å². The Morgan fingerprint density at radius 2 is 1.64 bits per heavy atom. The molecule has 0 aliphatic heterocycles. The van der Waals surface area contributed by atoms with Gasteiger partial charge < -0.3 is 5.32 Å². The normalized spacial score (nSPS) is 9.55. The third kappa shape index (κ3) is 4.12. The van der Waals surface area contributed by atoms with Gasteiger partial charge in [-0.15, -0.1) is 11.8 Å². The van der Waals surface area contributed by atoms with Gasteiger partial charge in [0, 0.05) is 5.75 Å². The molecule has 0 saturated heterocycles. The highest BCUT2D eigenvalue weighted by atomic mass is 32.2. The minimum Gasteiger partial charge on any atom is -0.324 e. The van der Waals surface area contributed by atoms with Gasteiger partial charge in [0.2, 0.25) is 5.91 Å². The lowest BCUT2D eigenvalue weighted by Gasteiger charge is -2.07. The van der Waals surface area contributed by atoms with E-state index in [2.05, 4.69) is 11.4 Å². The van der Waals surface area contributed by atoms with Crippen LogP contribution in [-0.4, -0.2) is 11.7 Å². The molecule has 0 heterocycles. The van der Waals surface area contributed by atoms with E-state index in [-0.39, 0.29) is 11.7 Å². The molecule has 0 unspecified atom stereocenters. The molecule has 2 aromatic rings. The summed E-state index contributed by atoms with van der Waals surface area (Å²) in [6, 6.07) is 18.4. The lowest BCUT2D eigenvalue weighted by atomic mass is 10.1. The van der Waals surface area contributed by atoms with Gasteiger partial charge in [0.15, 0.2) is 0 Å². The van der Waals surface area contributed by atoms with Crippen LogP contribution in [0.15, 0.2) is 48.5 Å². The van der Waals surface area contributed by atoms with Gasteiger partial charge in [0.1, 0.15) is 6.07 Å². The van der Waals surface area contributed by atoms with E-state index in [1.807, 2.05) is 24.3 Å². The van der Waals surface area contributed by atoms with E-state index in [4.69, 9.17) is 10.5 Å². The van der Waals surface area contributed by atoms with Gasteiger partial charge >= 0.3 is 0 Å². The average Bonchev–Trinajstić information content (AvgIpc) is 2.55. The molecule has 2 rings (SSSR count). The van der Waals surface area contributed by atoms with Gasteiger partial charge in [0.05, 0.1) is 28.6 Å². The van der Waals surface area contributed by atoms with E-state index < -0.39 is 0 Å². The van der Waals surface area contributed by atoms with Crippen molar-refractivity contribution in [3.63, 3.8) is 0 Å². The highest BCUT2D eigenvalue weighted by Gasteiger charge is 2.07. The van der Waals surface area contributed by atoms with Crippen molar-refractivity contribution in [3.05, 3.63) is 65.2 Å². The Hall–Kier alpha value is -2.76. The number of anilines is 1. The molecule has 0 aromatic heterocycles. The smallest absolute Gasteiger partial charge is 0.234 e. The number of hydrogen-bond donors (Lipinski definition) is 1. The highest BCUT2D eigenvalue weighted by Crippen LogP contribution is 2.17. The van der Waals surface area contributed by atoms with Crippen LogP contribution in [0.3, 0.4) is 0 Å². The minimum atomic E-state index is -0.165. The fraction of sp³-hybridized carbons (Fsp3) is 0.118. The Labute approximate surface area is 133 Å². The van der Waals surface area contributed by atoms with Crippen LogP contribution in [0.2, 0.25) is 0 Å². The van der Waals surface area contributed by atoms with Crippen molar-refractivity contribution in [2.24, 2.45) is 0 Å². The summed E-state index contributed by atoms with van der Waals surface area (Å²) in [5.41, 5.74) is 2.51. The van der Waals surface area contributed by atoms with Gasteiger partial charge in [0.25, 0.3) is 0 Å². The van der Waals surface area contributed by atoms with Crippen molar-refractivity contribution in [2.75, 3.05) is 11.1 Å². The van der Waals surface area contributed by atoms with E-state index >= 15 is 0 Å². The molecule has 0 aliphatic rings. The molecule has 2 aromatic carbocycles. The Kier molecular flexibility index (Phi) is 5.59. The zero-order valence-electron chi connectivity index (χ0n) is 11.7. The summed E-state index contributed by atoms with van der Waals surface area (Å²) >= 11 is 1.43. The molecule has 0 bridgehead atoms. The third-order valence-electron chi connectivity index (χ3n) is 2.95. The summed E-state index contributed by atoms with van der Waals surface area (Å²) < 4.78 is 0. The first kappa shape index (κ1) is 15.6. The van der Waals surface area contributed by atoms with Crippen molar-refractivity contribution in [2.45, 2.75) is 5.75 Å². The first-order valence-corrected chi connectivity index (χ1v) is 7.75. The third-order valence-corrected chi connectivity index (χ3v) is 3.93. The minimum absolute atomic E-state index is 0.165. The van der Waals surface area contributed by atoms with Crippen LogP contribution >= 0.6 is 11.8 Å². The second-order valence-corrected chi connectivity index (χ2v) is 5.45. The number of hydrogen-bond acceptors (Lipinski definition) is 4. The molecule has 22 heavy (non-hydrogen) atoms. The van der Waals surface area contributed by atoms with Crippen molar-refractivity contribution in [1.82, 2.24) is 0 Å². The van der Waals surface area contributed by atoms with E-state index in [1.165, 1.54) is 11.8 Å². The monoisotopic (exact) mass is 307 g/mol. The first-order valence-electron chi connectivity index (χ1n) is 6.59. The molecule has 1 N–H and O–H groups in total. The Morgan fingerprint density at radius 1 is 1.00 bits per heavy atom. The SMILES string of the molecule is N#Cc1ccccc1CSCC(=O)Nc1ccccc1C#N. The molecule has 0 radical (unpaired) electrons. The summed E-state index contributed by atoms with van der Waals surface area (Å²) in [4.78, 5) is 11.9. The number of nitriles is 2. The number of rotatable bonds is 5. The molecule has 0 fully saturated rings. The number of benzene rings is 2. The number of carbonyl (C=O) groups excluding carboxylic acids is 1. The second kappa shape index (κ2) is 7.87. The summed E-state index contributed by atoms with van der Waals surface area (Å²) in [5.74, 6) is 0.693. The predicted molar refractivity (Wildman–Crippen MR) is 87.1 cm³/mol. The van der Waals surface area contributed by atoms with Crippen LogP contribution in [0.4, 0.5) is 5.69 Å². The lowest BCUT2D eigenvalue weighted by Crippen LogP contribution is -2.15. The molecule has 0 aliphatic carbocycles. The number of nitrogens with one attached hydrogen (secondary N) is 1. The fourth-order valence-corrected chi connectivity index (χ4v) is 2.72. The summed E-state index contributed by atoms with van der Waals surface area (Å²) in [6.45, 7) is 0. The van der Waals surface area contributed by atoms with Gasteiger partial charge in [-0.3, -0.25) is 4.79 Å². The first-order chi connectivity index (χ1) is 10.7. The summed E-state index contributed by atoms with van der Waals surface area (Å²) in [6.07, 6.45) is 0. The number of carbonyl (C=O) groups is 1. The van der Waals surface area contributed by atoms with E-state index in [9.17, 15) is 4.79 Å². The number of amides is 1. The molecule has 5 heteroatoms. The molecule has 4 nitrogen and oxygen atoms in total. The number of para-hydroxylation sites is 1. The van der Waals surface area contributed by atoms with E-state index in [0.29, 0.717) is 22.6 Å². The molecule has 0 spiro atoms. The Balaban J connectivity index is 1.89. The second-order valence-electron chi connectivity index (χ2n) is 4.47. The quantitative estimate of drug-likeness (QED) is 0.919. The van der Waals surface area contributed by atoms with Crippen LogP contribution in [0.5, 0.6) is 0 Å². The fourth-order valence-electron chi connectivity index (χ4n) is 1.88. The standard InChI is InChI=1S/C17H13N3OS/c18-9-13-5-1-2-7-15(13)11-22-12-17(21)20-16-8-4-3-6-14(16)10-19/h1-8H,11-12H2,(H,20,21). The number of thioether (sulfide) groups is 1. The Bertz CT molecular complexity index is 759. The molecule has 1 amide bonds. The van der Waals surface area contributed by atoms with Crippen LogP contribution in [0, 0.1) is 22.7 Å². The topological polar surface area (TPSA) is 76.7 Å². The summed E-state index contributed by atoms with van der Waals surface area (Å²) in [5, 5.41) is 20.7. The van der Waals surface area contributed by atoms with Crippen molar-refractivity contribution in [3.8, 4) is 12.1 Å². The van der Waals surface area contributed by atoms with E-state index in [1.54, 1.807) is 30.3 Å². The van der Waals surface area contributed by atoms with E-state index in [0.717, 1.165) is 5.56 Å². The van der Waals surface area contributed by atoms with Crippen LogP contribution in [0.1, 0.15) is 16.7 Å². The van der Waals surface area contributed by atoms with Gasteiger partial charge in [-0.25, -0.2) is 0 Å².